The number of hydrogen-bond acceptors (Lipinski definition) is 0. The van der Waals surface area contributed by atoms with Crippen LogP contribution < -0.4 is 0 Å². The Balaban J connectivity index is 2.02. The lowest BCUT2D eigenvalue weighted by atomic mass is 9.68. The van der Waals surface area contributed by atoms with Crippen molar-refractivity contribution in [3.63, 3.8) is 0 Å². The summed E-state index contributed by atoms with van der Waals surface area (Å²) < 4.78 is 1.11. The Morgan fingerprint density at radius 3 is 1.89 bits per heavy atom. The molecule has 0 N–H and O–H groups in total. The molecular weight excluding hydrogens is 416 g/mol. The van der Waals surface area contributed by atoms with Gasteiger partial charge in [0, 0.05) is 9.50 Å². The first kappa shape index (κ1) is 16.8. The van der Waals surface area contributed by atoms with E-state index in [1.54, 1.807) is 0 Å². The van der Waals surface area contributed by atoms with Crippen molar-refractivity contribution < 1.29 is 0 Å². The van der Waals surface area contributed by atoms with Gasteiger partial charge >= 0.3 is 0 Å². The van der Waals surface area contributed by atoms with E-state index in [1.165, 1.54) is 33.4 Å². The molecule has 0 nitrogen and oxygen atoms in total. The van der Waals surface area contributed by atoms with Gasteiger partial charge in [-0.05, 0) is 51.6 Å². The number of rotatable bonds is 2. The standard InChI is InChI=1S/C25H16BrCl/c26-23-13-7-12-21-20-15-14-19(27)16-22(20)25(24(21)23,17-8-3-1-4-9-17)18-10-5-2-6-11-18/h1-16H. The van der Waals surface area contributed by atoms with Crippen LogP contribution in [0.4, 0.5) is 0 Å². The van der Waals surface area contributed by atoms with Gasteiger partial charge in [-0.15, -0.1) is 0 Å². The second-order valence-corrected chi connectivity index (χ2v) is 8.13. The molecule has 4 aromatic carbocycles. The van der Waals surface area contributed by atoms with Crippen molar-refractivity contribution in [2.45, 2.75) is 5.41 Å². The fraction of sp³-hybridized carbons (Fsp3) is 0.0400. The second-order valence-electron chi connectivity index (χ2n) is 6.83. The van der Waals surface area contributed by atoms with Gasteiger partial charge in [-0.2, -0.15) is 0 Å². The Morgan fingerprint density at radius 1 is 0.630 bits per heavy atom. The largest absolute Gasteiger partial charge is 0.0843 e. The van der Waals surface area contributed by atoms with E-state index in [1.807, 2.05) is 6.07 Å². The maximum atomic E-state index is 6.50. The van der Waals surface area contributed by atoms with Crippen molar-refractivity contribution in [2.24, 2.45) is 0 Å². The Hall–Kier alpha value is -2.35. The van der Waals surface area contributed by atoms with Crippen LogP contribution in [0.1, 0.15) is 22.3 Å². The van der Waals surface area contributed by atoms with Gasteiger partial charge in [0.2, 0.25) is 0 Å². The highest BCUT2D eigenvalue weighted by Crippen LogP contribution is 2.58. The van der Waals surface area contributed by atoms with Gasteiger partial charge in [0.15, 0.2) is 0 Å². The molecule has 0 unspecified atom stereocenters. The summed E-state index contributed by atoms with van der Waals surface area (Å²) in [6.45, 7) is 0. The molecule has 0 heterocycles. The maximum absolute atomic E-state index is 6.50. The zero-order chi connectivity index (χ0) is 18.4. The molecule has 4 aromatic rings. The summed E-state index contributed by atoms with van der Waals surface area (Å²) in [4.78, 5) is 0. The molecule has 0 radical (unpaired) electrons. The average molecular weight is 432 g/mol. The minimum absolute atomic E-state index is 0.405. The average Bonchev–Trinajstić information content (AvgIpc) is 3.01. The molecule has 0 saturated carbocycles. The lowest BCUT2D eigenvalue weighted by Crippen LogP contribution is -2.29. The van der Waals surface area contributed by atoms with E-state index in [0.29, 0.717) is 0 Å². The molecule has 2 heteroatoms. The first-order valence-electron chi connectivity index (χ1n) is 8.93. The molecule has 0 saturated heterocycles. The van der Waals surface area contributed by atoms with Gasteiger partial charge in [0.1, 0.15) is 0 Å². The minimum atomic E-state index is -0.405. The molecule has 0 spiro atoms. The molecule has 0 atom stereocenters. The van der Waals surface area contributed by atoms with Gasteiger partial charge in [-0.3, -0.25) is 0 Å². The first-order valence-corrected chi connectivity index (χ1v) is 10.1. The molecule has 0 fully saturated rings. The van der Waals surface area contributed by atoms with Crippen LogP contribution in [-0.2, 0) is 5.41 Å². The van der Waals surface area contributed by atoms with Crippen LogP contribution in [0.25, 0.3) is 11.1 Å². The second kappa shape index (κ2) is 6.37. The summed E-state index contributed by atoms with van der Waals surface area (Å²) in [5.41, 5.74) is 7.08. The Bertz CT molecular complexity index is 1090. The summed E-state index contributed by atoms with van der Waals surface area (Å²) in [7, 11) is 0. The molecule has 0 amide bonds. The monoisotopic (exact) mass is 430 g/mol. The van der Waals surface area contributed by atoms with E-state index >= 15 is 0 Å². The minimum Gasteiger partial charge on any atom is -0.0843 e. The predicted octanol–water partition coefficient (Wildman–Crippen LogP) is 7.47. The van der Waals surface area contributed by atoms with Crippen molar-refractivity contribution in [3.05, 3.63) is 129 Å². The fourth-order valence-corrected chi connectivity index (χ4v) is 5.30. The fourth-order valence-electron chi connectivity index (χ4n) is 4.47. The third-order valence-corrected chi connectivity index (χ3v) is 6.37. The summed E-state index contributed by atoms with van der Waals surface area (Å²) in [5, 5.41) is 0.758. The lowest BCUT2D eigenvalue weighted by molar-refractivity contribution is 0.764. The van der Waals surface area contributed by atoms with Crippen LogP contribution in [0.5, 0.6) is 0 Å². The molecule has 1 aliphatic carbocycles. The Morgan fingerprint density at radius 2 is 1.26 bits per heavy atom. The summed E-state index contributed by atoms with van der Waals surface area (Å²) in [6, 6.07) is 34.1. The highest BCUT2D eigenvalue weighted by atomic mass is 79.9. The predicted molar refractivity (Wildman–Crippen MR) is 116 cm³/mol. The van der Waals surface area contributed by atoms with Crippen molar-refractivity contribution in [1.82, 2.24) is 0 Å². The number of hydrogen-bond donors (Lipinski definition) is 0. The van der Waals surface area contributed by atoms with Gasteiger partial charge in [-0.25, -0.2) is 0 Å². The Labute approximate surface area is 172 Å². The highest BCUT2D eigenvalue weighted by Gasteiger charge is 2.47. The van der Waals surface area contributed by atoms with E-state index < -0.39 is 5.41 Å². The number of halogens is 2. The van der Waals surface area contributed by atoms with E-state index in [-0.39, 0.29) is 0 Å². The van der Waals surface area contributed by atoms with Crippen molar-refractivity contribution in [3.8, 4) is 11.1 Å². The van der Waals surface area contributed by atoms with Crippen LogP contribution in [0, 0.1) is 0 Å². The third kappa shape index (κ3) is 2.35. The normalized spacial score (nSPS) is 13.9. The van der Waals surface area contributed by atoms with Gasteiger partial charge in [0.25, 0.3) is 0 Å². The molecular formula is C25H16BrCl. The quantitative estimate of drug-likeness (QED) is 0.272. The zero-order valence-corrected chi connectivity index (χ0v) is 16.8. The molecule has 0 aromatic heterocycles. The number of fused-ring (bicyclic) bond motifs is 3. The van der Waals surface area contributed by atoms with Crippen LogP contribution in [0.15, 0.2) is 102 Å². The van der Waals surface area contributed by atoms with Gasteiger partial charge in [-0.1, -0.05) is 106 Å². The van der Waals surface area contributed by atoms with Crippen LogP contribution in [0.3, 0.4) is 0 Å². The first-order chi connectivity index (χ1) is 13.2. The van der Waals surface area contributed by atoms with Crippen molar-refractivity contribution in [2.75, 3.05) is 0 Å². The SMILES string of the molecule is Clc1ccc2c(c1)C(c1ccccc1)(c1ccccc1)c1c(Br)cccc1-2. The molecule has 1 aliphatic rings. The number of benzene rings is 4. The van der Waals surface area contributed by atoms with E-state index in [4.69, 9.17) is 11.6 Å². The maximum Gasteiger partial charge on any atom is 0.0725 e. The molecule has 0 bridgehead atoms. The smallest absolute Gasteiger partial charge is 0.0725 e. The van der Waals surface area contributed by atoms with E-state index in [2.05, 4.69) is 107 Å². The van der Waals surface area contributed by atoms with Crippen molar-refractivity contribution >= 4 is 27.5 Å². The van der Waals surface area contributed by atoms with Crippen molar-refractivity contribution in [1.29, 1.82) is 0 Å². The summed E-state index contributed by atoms with van der Waals surface area (Å²) in [5.74, 6) is 0. The lowest BCUT2D eigenvalue weighted by Gasteiger charge is -2.34. The van der Waals surface area contributed by atoms with Crippen LogP contribution >= 0.6 is 27.5 Å². The topological polar surface area (TPSA) is 0 Å². The van der Waals surface area contributed by atoms with Crippen LogP contribution in [0.2, 0.25) is 5.02 Å². The zero-order valence-electron chi connectivity index (χ0n) is 14.5. The van der Waals surface area contributed by atoms with Crippen LogP contribution in [-0.4, -0.2) is 0 Å². The van der Waals surface area contributed by atoms with E-state index in [0.717, 1.165) is 9.50 Å². The molecule has 130 valence electrons. The Kier molecular flexibility index (Phi) is 3.96. The molecule has 0 aliphatic heterocycles. The third-order valence-electron chi connectivity index (χ3n) is 5.48. The van der Waals surface area contributed by atoms with Gasteiger partial charge in [0.05, 0.1) is 5.41 Å². The summed E-state index contributed by atoms with van der Waals surface area (Å²) in [6.07, 6.45) is 0. The molecule has 5 rings (SSSR count). The van der Waals surface area contributed by atoms with Gasteiger partial charge < -0.3 is 0 Å². The van der Waals surface area contributed by atoms with E-state index in [9.17, 15) is 0 Å². The highest BCUT2D eigenvalue weighted by molar-refractivity contribution is 9.10. The molecule has 27 heavy (non-hydrogen) atoms. The summed E-state index contributed by atoms with van der Waals surface area (Å²) >= 11 is 10.4.